The zero-order chi connectivity index (χ0) is 14.6. The first-order chi connectivity index (χ1) is 8.74. The normalized spacial score (nSPS) is 12.8. The van der Waals surface area contributed by atoms with Crippen molar-refractivity contribution in [2.24, 2.45) is 0 Å². The number of hydrogen-bond acceptors (Lipinski definition) is 3. The van der Waals surface area contributed by atoms with Gasteiger partial charge in [0.1, 0.15) is 5.38 Å². The molecule has 0 bridgehead atoms. The lowest BCUT2D eigenvalue weighted by atomic mass is 10.0. The summed E-state index contributed by atoms with van der Waals surface area (Å²) in [6.07, 6.45) is -0.0991. The van der Waals surface area contributed by atoms with E-state index in [4.69, 9.17) is 16.9 Å². The summed E-state index contributed by atoms with van der Waals surface area (Å²) in [6.45, 7) is 1.28. The van der Waals surface area contributed by atoms with E-state index in [1.807, 2.05) is 6.07 Å². The number of nitriles is 1. The average molecular weight is 308 g/mol. The molecule has 0 spiro atoms. The van der Waals surface area contributed by atoms with Crippen LogP contribution < -0.4 is 0 Å². The van der Waals surface area contributed by atoms with Gasteiger partial charge in [-0.1, -0.05) is 6.07 Å². The average Bonchev–Trinajstić information content (AvgIpc) is 2.26. The SMILES string of the molecule is CC(=O)C(Cl)c1ccc(SC(F)(F)F)cc1CC#N. The number of nitrogens with zero attached hydrogens (tertiary/aromatic N) is 1. The molecule has 7 heteroatoms. The Hall–Kier alpha value is -1.19. The second kappa shape index (κ2) is 6.31. The minimum Gasteiger partial charge on any atom is -0.298 e. The lowest BCUT2D eigenvalue weighted by Crippen LogP contribution is -2.06. The van der Waals surface area contributed by atoms with E-state index in [0.717, 1.165) is 0 Å². The van der Waals surface area contributed by atoms with Crippen molar-refractivity contribution in [1.82, 2.24) is 0 Å². The van der Waals surface area contributed by atoms with Crippen LogP contribution in [0.3, 0.4) is 0 Å². The van der Waals surface area contributed by atoms with E-state index >= 15 is 0 Å². The third-order valence-electron chi connectivity index (χ3n) is 2.25. The standard InChI is InChI=1S/C12H9ClF3NOS/c1-7(18)11(13)10-3-2-9(19-12(14,15)16)6-8(10)4-5-17/h2-3,6,11H,4H2,1H3. The Morgan fingerprint density at radius 1 is 1.53 bits per heavy atom. The highest BCUT2D eigenvalue weighted by Crippen LogP contribution is 2.38. The maximum absolute atomic E-state index is 12.3. The van der Waals surface area contributed by atoms with Crippen molar-refractivity contribution >= 4 is 29.1 Å². The molecule has 0 aliphatic carbocycles. The van der Waals surface area contributed by atoms with Crippen molar-refractivity contribution in [3.63, 3.8) is 0 Å². The number of alkyl halides is 4. The Morgan fingerprint density at radius 3 is 2.63 bits per heavy atom. The van der Waals surface area contributed by atoms with E-state index in [2.05, 4.69) is 0 Å². The third kappa shape index (κ3) is 4.77. The van der Waals surface area contributed by atoms with Crippen molar-refractivity contribution in [3.8, 4) is 6.07 Å². The molecule has 1 aromatic rings. The summed E-state index contributed by atoms with van der Waals surface area (Å²) in [5.74, 6) is -0.322. The van der Waals surface area contributed by atoms with E-state index in [9.17, 15) is 18.0 Å². The summed E-state index contributed by atoms with van der Waals surface area (Å²) in [6, 6.07) is 5.70. The Bertz CT molecular complexity index is 525. The van der Waals surface area contributed by atoms with Crippen LogP contribution in [0.2, 0.25) is 0 Å². The molecule has 0 heterocycles. The van der Waals surface area contributed by atoms with Crippen LogP contribution in [0.5, 0.6) is 0 Å². The topological polar surface area (TPSA) is 40.9 Å². The molecule has 0 fully saturated rings. The Labute approximate surface area is 117 Å². The summed E-state index contributed by atoms with van der Waals surface area (Å²) >= 11 is 5.61. The third-order valence-corrected chi connectivity index (χ3v) is 3.51. The van der Waals surface area contributed by atoms with Gasteiger partial charge in [0.05, 0.1) is 12.5 Å². The molecule has 0 saturated heterocycles. The molecule has 0 aromatic heterocycles. The minimum absolute atomic E-state index is 0.0334. The van der Waals surface area contributed by atoms with Gasteiger partial charge in [0.15, 0.2) is 5.78 Å². The fourth-order valence-corrected chi connectivity index (χ4v) is 2.30. The van der Waals surface area contributed by atoms with Gasteiger partial charge in [-0.15, -0.1) is 11.6 Å². The summed E-state index contributed by atoms with van der Waals surface area (Å²) < 4.78 is 36.8. The van der Waals surface area contributed by atoms with Crippen molar-refractivity contribution in [2.45, 2.75) is 29.1 Å². The van der Waals surface area contributed by atoms with Crippen molar-refractivity contribution < 1.29 is 18.0 Å². The van der Waals surface area contributed by atoms with Crippen LogP contribution in [0, 0.1) is 11.3 Å². The molecule has 19 heavy (non-hydrogen) atoms. The van der Waals surface area contributed by atoms with Gasteiger partial charge in [0, 0.05) is 4.90 Å². The highest BCUT2D eigenvalue weighted by atomic mass is 35.5. The molecule has 0 radical (unpaired) electrons. The number of thioether (sulfide) groups is 1. The molecule has 1 unspecified atom stereocenters. The molecular weight excluding hydrogens is 299 g/mol. The lowest BCUT2D eigenvalue weighted by Gasteiger charge is -2.13. The van der Waals surface area contributed by atoms with E-state index < -0.39 is 10.9 Å². The molecular formula is C12H9ClF3NOS. The largest absolute Gasteiger partial charge is 0.446 e. The number of rotatable bonds is 4. The monoisotopic (exact) mass is 307 g/mol. The summed E-state index contributed by atoms with van der Waals surface area (Å²) in [5, 5.41) is 7.73. The maximum atomic E-state index is 12.3. The summed E-state index contributed by atoms with van der Waals surface area (Å²) in [7, 11) is 0. The first-order valence-electron chi connectivity index (χ1n) is 5.14. The van der Waals surface area contributed by atoms with Gasteiger partial charge in [0.25, 0.3) is 0 Å². The van der Waals surface area contributed by atoms with Crippen LogP contribution in [0.25, 0.3) is 0 Å². The Kier molecular flexibility index (Phi) is 5.27. The molecule has 0 saturated carbocycles. The van der Waals surface area contributed by atoms with Crippen LogP contribution in [-0.4, -0.2) is 11.3 Å². The minimum atomic E-state index is -4.40. The van der Waals surface area contributed by atoms with Gasteiger partial charge in [0.2, 0.25) is 0 Å². The molecule has 1 rings (SSSR count). The zero-order valence-corrected chi connectivity index (χ0v) is 11.4. The highest BCUT2D eigenvalue weighted by Gasteiger charge is 2.29. The number of benzene rings is 1. The van der Waals surface area contributed by atoms with Gasteiger partial charge in [-0.25, -0.2) is 0 Å². The van der Waals surface area contributed by atoms with E-state index in [0.29, 0.717) is 11.1 Å². The molecule has 1 atom stereocenters. The molecule has 0 aliphatic rings. The van der Waals surface area contributed by atoms with Gasteiger partial charge in [-0.05, 0) is 41.9 Å². The Morgan fingerprint density at radius 2 is 2.16 bits per heavy atom. The quantitative estimate of drug-likeness (QED) is 0.617. The molecule has 102 valence electrons. The van der Waals surface area contributed by atoms with Crippen LogP contribution in [0.4, 0.5) is 13.2 Å². The van der Waals surface area contributed by atoms with Crippen LogP contribution >= 0.6 is 23.4 Å². The maximum Gasteiger partial charge on any atom is 0.446 e. The van der Waals surface area contributed by atoms with Crippen molar-refractivity contribution in [1.29, 1.82) is 5.26 Å². The van der Waals surface area contributed by atoms with E-state index in [1.165, 1.54) is 25.1 Å². The predicted molar refractivity (Wildman–Crippen MR) is 66.9 cm³/mol. The fraction of sp³-hybridized carbons (Fsp3) is 0.333. The zero-order valence-electron chi connectivity index (χ0n) is 9.79. The number of carbonyl (C=O) groups is 1. The molecule has 1 aromatic carbocycles. The second-order valence-electron chi connectivity index (χ2n) is 3.72. The van der Waals surface area contributed by atoms with Gasteiger partial charge >= 0.3 is 5.51 Å². The first-order valence-corrected chi connectivity index (χ1v) is 6.40. The number of halogens is 4. The van der Waals surface area contributed by atoms with Crippen molar-refractivity contribution in [3.05, 3.63) is 29.3 Å². The number of hydrogen-bond donors (Lipinski definition) is 0. The van der Waals surface area contributed by atoms with Gasteiger partial charge in [-0.3, -0.25) is 4.79 Å². The number of ketones is 1. The Balaban J connectivity index is 3.15. The molecule has 0 aliphatic heterocycles. The van der Waals surface area contributed by atoms with E-state index in [-0.39, 0.29) is 28.9 Å². The van der Waals surface area contributed by atoms with Gasteiger partial charge < -0.3 is 0 Å². The highest BCUT2D eigenvalue weighted by molar-refractivity contribution is 8.00. The van der Waals surface area contributed by atoms with Crippen molar-refractivity contribution in [2.75, 3.05) is 0 Å². The van der Waals surface area contributed by atoms with Gasteiger partial charge in [-0.2, -0.15) is 18.4 Å². The first kappa shape index (κ1) is 15.9. The van der Waals surface area contributed by atoms with Crippen LogP contribution in [-0.2, 0) is 11.2 Å². The molecule has 2 nitrogen and oxygen atoms in total. The van der Waals surface area contributed by atoms with E-state index in [1.54, 1.807) is 0 Å². The second-order valence-corrected chi connectivity index (χ2v) is 5.29. The number of Topliss-reactive ketones (excluding diaryl/α,β-unsaturated/α-hetero) is 1. The molecule has 0 amide bonds. The summed E-state index contributed by atoms with van der Waals surface area (Å²) in [5.41, 5.74) is -3.68. The summed E-state index contributed by atoms with van der Waals surface area (Å²) in [4.78, 5) is 11.2. The predicted octanol–water partition coefficient (Wildman–Crippen LogP) is 4.23. The smallest absolute Gasteiger partial charge is 0.298 e. The van der Waals surface area contributed by atoms with Crippen LogP contribution in [0.15, 0.2) is 23.1 Å². The fourth-order valence-electron chi connectivity index (χ4n) is 1.48. The number of carbonyl (C=O) groups excluding carboxylic acids is 1. The van der Waals surface area contributed by atoms with Crippen LogP contribution in [0.1, 0.15) is 23.4 Å². The molecule has 0 N–H and O–H groups in total. The lowest BCUT2D eigenvalue weighted by molar-refractivity contribution is -0.116.